The summed E-state index contributed by atoms with van der Waals surface area (Å²) in [5.41, 5.74) is 1.14. The molecule has 1 aromatic rings. The normalized spacial score (nSPS) is 21.3. The Hall–Kier alpha value is -1.36. The molecule has 0 spiro atoms. The number of hydrogen-bond acceptors (Lipinski definition) is 5. The number of aromatic nitrogens is 2. The number of likely N-dealkylation sites (N-methyl/N-ethyl adjacent to an activating group) is 1. The Kier molecular flexibility index (Phi) is 4.24. The molecule has 19 heavy (non-hydrogen) atoms. The SMILES string of the molecule is CNc1nc(C)nc(N2CCCN(C)CC2C)c1C. The first-order valence-electron chi connectivity index (χ1n) is 7.01. The molecule has 1 N–H and O–H groups in total. The molecule has 0 radical (unpaired) electrons. The van der Waals surface area contributed by atoms with Crippen LogP contribution in [0.2, 0.25) is 0 Å². The van der Waals surface area contributed by atoms with Crippen LogP contribution in [0.3, 0.4) is 0 Å². The molecular formula is C14H25N5. The molecule has 1 fully saturated rings. The van der Waals surface area contributed by atoms with Gasteiger partial charge in [-0.15, -0.1) is 0 Å². The van der Waals surface area contributed by atoms with Crippen molar-refractivity contribution in [2.45, 2.75) is 33.2 Å². The van der Waals surface area contributed by atoms with Crippen molar-refractivity contribution in [2.75, 3.05) is 43.9 Å². The Bertz CT molecular complexity index is 446. The van der Waals surface area contributed by atoms with Crippen LogP contribution in [-0.2, 0) is 0 Å². The van der Waals surface area contributed by atoms with Crippen molar-refractivity contribution in [3.05, 3.63) is 11.4 Å². The Morgan fingerprint density at radius 1 is 1.21 bits per heavy atom. The zero-order chi connectivity index (χ0) is 14.0. The smallest absolute Gasteiger partial charge is 0.137 e. The summed E-state index contributed by atoms with van der Waals surface area (Å²) in [6.07, 6.45) is 1.18. The second kappa shape index (κ2) is 5.74. The van der Waals surface area contributed by atoms with E-state index in [0.29, 0.717) is 6.04 Å². The minimum absolute atomic E-state index is 0.477. The predicted molar refractivity (Wildman–Crippen MR) is 80.0 cm³/mol. The van der Waals surface area contributed by atoms with Crippen molar-refractivity contribution in [3.8, 4) is 0 Å². The molecule has 1 aromatic heterocycles. The van der Waals surface area contributed by atoms with Crippen molar-refractivity contribution in [1.82, 2.24) is 14.9 Å². The van der Waals surface area contributed by atoms with Gasteiger partial charge in [-0.25, -0.2) is 9.97 Å². The summed E-state index contributed by atoms with van der Waals surface area (Å²) in [7, 11) is 4.11. The molecule has 5 nitrogen and oxygen atoms in total. The van der Waals surface area contributed by atoms with Crippen molar-refractivity contribution in [2.24, 2.45) is 0 Å². The van der Waals surface area contributed by atoms with E-state index < -0.39 is 0 Å². The molecule has 1 unspecified atom stereocenters. The van der Waals surface area contributed by atoms with Gasteiger partial charge in [0.25, 0.3) is 0 Å². The van der Waals surface area contributed by atoms with Gasteiger partial charge in [0, 0.05) is 31.7 Å². The van der Waals surface area contributed by atoms with Gasteiger partial charge >= 0.3 is 0 Å². The highest BCUT2D eigenvalue weighted by Crippen LogP contribution is 2.26. The summed E-state index contributed by atoms with van der Waals surface area (Å²) in [5.74, 6) is 2.85. The van der Waals surface area contributed by atoms with E-state index in [-0.39, 0.29) is 0 Å². The van der Waals surface area contributed by atoms with Gasteiger partial charge in [0.1, 0.15) is 17.5 Å². The molecule has 0 bridgehead atoms. The van der Waals surface area contributed by atoms with Gasteiger partial charge in [0.15, 0.2) is 0 Å². The van der Waals surface area contributed by atoms with E-state index >= 15 is 0 Å². The molecule has 0 saturated carbocycles. The highest BCUT2D eigenvalue weighted by molar-refractivity contribution is 5.59. The first-order valence-corrected chi connectivity index (χ1v) is 7.01. The van der Waals surface area contributed by atoms with E-state index in [1.807, 2.05) is 14.0 Å². The third-order valence-electron chi connectivity index (χ3n) is 3.79. The summed E-state index contributed by atoms with van der Waals surface area (Å²) < 4.78 is 0. The van der Waals surface area contributed by atoms with Crippen LogP contribution in [-0.4, -0.2) is 54.6 Å². The van der Waals surface area contributed by atoms with E-state index in [1.54, 1.807) is 0 Å². The van der Waals surface area contributed by atoms with E-state index in [4.69, 9.17) is 0 Å². The molecule has 1 aliphatic heterocycles. The number of nitrogens with one attached hydrogen (secondary N) is 1. The first kappa shape index (κ1) is 14.1. The van der Waals surface area contributed by atoms with Gasteiger partial charge in [-0.3, -0.25) is 0 Å². The van der Waals surface area contributed by atoms with Crippen LogP contribution in [0, 0.1) is 13.8 Å². The lowest BCUT2D eigenvalue weighted by molar-refractivity contribution is 0.337. The van der Waals surface area contributed by atoms with Crippen molar-refractivity contribution >= 4 is 11.6 Å². The highest BCUT2D eigenvalue weighted by Gasteiger charge is 2.23. The molecule has 1 aliphatic rings. The summed E-state index contributed by atoms with van der Waals surface area (Å²) in [4.78, 5) is 14.0. The Labute approximate surface area is 116 Å². The predicted octanol–water partition coefficient (Wildman–Crippen LogP) is 1.67. The maximum absolute atomic E-state index is 4.68. The lowest BCUT2D eigenvalue weighted by Gasteiger charge is -2.30. The molecule has 0 aliphatic carbocycles. The summed E-state index contributed by atoms with van der Waals surface area (Å²) in [6.45, 7) is 9.63. The van der Waals surface area contributed by atoms with Crippen molar-refractivity contribution in [3.63, 3.8) is 0 Å². The van der Waals surface area contributed by atoms with Gasteiger partial charge in [-0.2, -0.15) is 0 Å². The van der Waals surface area contributed by atoms with Gasteiger partial charge in [-0.05, 0) is 40.8 Å². The Balaban J connectivity index is 2.37. The monoisotopic (exact) mass is 263 g/mol. The minimum atomic E-state index is 0.477. The standard InChI is InChI=1S/C14H25N5/c1-10-9-18(5)7-6-8-19(10)14-11(2)13(15-4)16-12(3)17-14/h10H,6-9H2,1-5H3,(H,15,16,17). The fourth-order valence-corrected chi connectivity index (χ4v) is 2.82. The highest BCUT2D eigenvalue weighted by atomic mass is 15.3. The summed E-state index contributed by atoms with van der Waals surface area (Å²) in [6, 6.07) is 0.477. The van der Waals surface area contributed by atoms with Crippen molar-refractivity contribution < 1.29 is 0 Å². The van der Waals surface area contributed by atoms with Crippen LogP contribution < -0.4 is 10.2 Å². The van der Waals surface area contributed by atoms with E-state index in [0.717, 1.165) is 42.7 Å². The van der Waals surface area contributed by atoms with Gasteiger partial charge in [0.05, 0.1) is 0 Å². The molecule has 5 heteroatoms. The van der Waals surface area contributed by atoms with Gasteiger partial charge < -0.3 is 15.1 Å². The van der Waals surface area contributed by atoms with Crippen LogP contribution in [0.5, 0.6) is 0 Å². The maximum Gasteiger partial charge on any atom is 0.137 e. The van der Waals surface area contributed by atoms with Gasteiger partial charge in [0.2, 0.25) is 0 Å². The molecule has 106 valence electrons. The fourth-order valence-electron chi connectivity index (χ4n) is 2.82. The summed E-state index contributed by atoms with van der Waals surface area (Å²) >= 11 is 0. The van der Waals surface area contributed by atoms with E-state index in [2.05, 4.69) is 46.0 Å². The van der Waals surface area contributed by atoms with E-state index in [9.17, 15) is 0 Å². The zero-order valence-electron chi connectivity index (χ0n) is 12.7. The summed E-state index contributed by atoms with van der Waals surface area (Å²) in [5, 5.41) is 3.17. The van der Waals surface area contributed by atoms with Crippen LogP contribution in [0.15, 0.2) is 0 Å². The molecule has 1 atom stereocenters. The lowest BCUT2D eigenvalue weighted by atomic mass is 10.2. The van der Waals surface area contributed by atoms with Crippen molar-refractivity contribution in [1.29, 1.82) is 0 Å². The lowest BCUT2D eigenvalue weighted by Crippen LogP contribution is -2.39. The number of hydrogen-bond donors (Lipinski definition) is 1. The first-order chi connectivity index (χ1) is 9.02. The number of nitrogens with zero attached hydrogens (tertiary/aromatic N) is 4. The average Bonchev–Trinajstić information content (AvgIpc) is 2.52. The fraction of sp³-hybridized carbons (Fsp3) is 0.714. The largest absolute Gasteiger partial charge is 0.373 e. The Morgan fingerprint density at radius 3 is 2.63 bits per heavy atom. The maximum atomic E-state index is 4.68. The average molecular weight is 263 g/mol. The topological polar surface area (TPSA) is 44.3 Å². The van der Waals surface area contributed by atoms with Crippen LogP contribution >= 0.6 is 0 Å². The quantitative estimate of drug-likeness (QED) is 0.879. The third kappa shape index (κ3) is 2.97. The molecule has 0 amide bonds. The van der Waals surface area contributed by atoms with E-state index in [1.165, 1.54) is 6.42 Å². The van der Waals surface area contributed by atoms with Gasteiger partial charge in [-0.1, -0.05) is 0 Å². The molecule has 2 rings (SSSR count). The second-order valence-electron chi connectivity index (χ2n) is 5.48. The number of aryl methyl sites for hydroxylation is 1. The number of anilines is 2. The molecule has 2 heterocycles. The second-order valence-corrected chi connectivity index (χ2v) is 5.48. The third-order valence-corrected chi connectivity index (χ3v) is 3.79. The number of rotatable bonds is 2. The Morgan fingerprint density at radius 2 is 1.95 bits per heavy atom. The molecular weight excluding hydrogens is 238 g/mol. The molecule has 0 aromatic carbocycles. The van der Waals surface area contributed by atoms with Crippen LogP contribution in [0.25, 0.3) is 0 Å². The van der Waals surface area contributed by atoms with Crippen LogP contribution in [0.1, 0.15) is 24.7 Å². The molecule has 1 saturated heterocycles. The minimum Gasteiger partial charge on any atom is -0.373 e. The van der Waals surface area contributed by atoms with Crippen LogP contribution in [0.4, 0.5) is 11.6 Å². The zero-order valence-corrected chi connectivity index (χ0v) is 12.7.